The molecule has 4 heterocycles. The maximum atomic E-state index is 13.2. The number of likely N-dealkylation sites (tertiary alicyclic amines) is 1. The predicted octanol–water partition coefficient (Wildman–Crippen LogP) is 2.17. The number of hydrogen-bond donors (Lipinski definition) is 1. The summed E-state index contributed by atoms with van der Waals surface area (Å²) in [5.74, 6) is -2.05. The van der Waals surface area contributed by atoms with E-state index in [4.69, 9.17) is 9.47 Å². The van der Waals surface area contributed by atoms with E-state index in [1.807, 2.05) is 4.90 Å². The van der Waals surface area contributed by atoms with Crippen LogP contribution in [0.3, 0.4) is 0 Å². The zero-order chi connectivity index (χ0) is 24.6. The maximum Gasteiger partial charge on any atom is 0.471 e. The van der Waals surface area contributed by atoms with E-state index in [1.165, 1.54) is 24.3 Å². The Morgan fingerprint density at radius 3 is 2.49 bits per heavy atom. The summed E-state index contributed by atoms with van der Waals surface area (Å²) in [7, 11) is 0. The smallest absolute Gasteiger partial charge is 0.377 e. The van der Waals surface area contributed by atoms with Gasteiger partial charge in [0.25, 0.3) is 5.91 Å². The Kier molecular flexibility index (Phi) is 6.36. The average molecular weight is 495 g/mol. The Morgan fingerprint density at radius 2 is 1.83 bits per heavy atom. The van der Waals surface area contributed by atoms with Crippen molar-refractivity contribution in [3.05, 3.63) is 35.7 Å². The molecule has 5 rings (SSSR count). The van der Waals surface area contributed by atoms with Crippen LogP contribution in [0.2, 0.25) is 0 Å². The normalized spacial score (nSPS) is 24.5. The second-order valence-corrected chi connectivity index (χ2v) is 8.78. The lowest BCUT2D eigenvalue weighted by molar-refractivity contribution is -0.159. The van der Waals surface area contributed by atoms with E-state index in [9.17, 15) is 22.8 Å². The molecule has 0 radical (unpaired) electrons. The van der Waals surface area contributed by atoms with Gasteiger partial charge in [-0.15, -0.1) is 0 Å². The first-order valence-electron chi connectivity index (χ1n) is 11.4. The molecule has 3 amide bonds. The number of rotatable bonds is 4. The summed E-state index contributed by atoms with van der Waals surface area (Å²) in [4.78, 5) is 32.7. The number of ether oxygens (including phenoxy) is 2. The van der Waals surface area contributed by atoms with Crippen LogP contribution in [0.25, 0.3) is 11.4 Å². The van der Waals surface area contributed by atoms with Crippen molar-refractivity contribution in [3.8, 4) is 11.4 Å². The molecule has 0 saturated carbocycles. The fourth-order valence-corrected chi connectivity index (χ4v) is 4.57. The Morgan fingerprint density at radius 1 is 1.11 bits per heavy atom. The number of morpholine rings is 2. The lowest BCUT2D eigenvalue weighted by Gasteiger charge is -2.41. The van der Waals surface area contributed by atoms with Crippen molar-refractivity contribution in [2.75, 3.05) is 39.4 Å². The molecule has 2 bridgehead atoms. The Bertz CT molecular complexity index is 1060. The predicted molar refractivity (Wildman–Crippen MR) is 113 cm³/mol. The van der Waals surface area contributed by atoms with Gasteiger partial charge < -0.3 is 29.1 Å². The molecule has 3 aliphatic rings. The van der Waals surface area contributed by atoms with Crippen LogP contribution in [-0.4, -0.2) is 89.5 Å². The van der Waals surface area contributed by atoms with Crippen molar-refractivity contribution in [3.63, 3.8) is 0 Å². The van der Waals surface area contributed by atoms with E-state index in [0.29, 0.717) is 38.4 Å². The van der Waals surface area contributed by atoms with Crippen molar-refractivity contribution in [2.24, 2.45) is 0 Å². The summed E-state index contributed by atoms with van der Waals surface area (Å²) in [6.07, 6.45) is -2.62. The van der Waals surface area contributed by atoms with Gasteiger partial charge in [0.1, 0.15) is 0 Å². The van der Waals surface area contributed by atoms with E-state index in [1.54, 1.807) is 4.90 Å². The molecule has 3 fully saturated rings. The third kappa shape index (κ3) is 5.10. The number of nitrogens with one attached hydrogen (secondary N) is 1. The van der Waals surface area contributed by atoms with Gasteiger partial charge in [0, 0.05) is 37.3 Å². The molecule has 3 aliphatic heterocycles. The quantitative estimate of drug-likeness (QED) is 0.692. The van der Waals surface area contributed by atoms with Crippen molar-refractivity contribution in [1.82, 2.24) is 25.3 Å². The second-order valence-electron chi connectivity index (χ2n) is 8.78. The van der Waals surface area contributed by atoms with Gasteiger partial charge in [-0.1, -0.05) is 17.3 Å². The molecule has 1 aromatic heterocycles. The van der Waals surface area contributed by atoms with E-state index in [-0.39, 0.29) is 48.1 Å². The average Bonchev–Trinajstić information content (AvgIpc) is 3.49. The van der Waals surface area contributed by atoms with Crippen LogP contribution in [0.4, 0.5) is 18.0 Å². The minimum Gasteiger partial charge on any atom is -0.377 e. The summed E-state index contributed by atoms with van der Waals surface area (Å²) < 4.78 is 53.6. The minimum absolute atomic E-state index is 0.0737. The molecule has 3 saturated heterocycles. The van der Waals surface area contributed by atoms with Crippen LogP contribution in [0.1, 0.15) is 29.1 Å². The summed E-state index contributed by atoms with van der Waals surface area (Å²) in [6, 6.07) is 5.39. The number of halogens is 3. The molecule has 2 unspecified atom stereocenters. The molecule has 188 valence electrons. The summed E-state index contributed by atoms with van der Waals surface area (Å²) in [5.41, 5.74) is 0.574. The number of carbonyl (C=O) groups excluding carboxylic acids is 2. The van der Waals surface area contributed by atoms with Gasteiger partial charge in [-0.3, -0.25) is 4.79 Å². The van der Waals surface area contributed by atoms with Gasteiger partial charge >= 0.3 is 18.1 Å². The lowest BCUT2D eigenvalue weighted by atomic mass is 10.1. The van der Waals surface area contributed by atoms with Crippen molar-refractivity contribution in [2.45, 2.75) is 37.3 Å². The van der Waals surface area contributed by atoms with Gasteiger partial charge in [0.15, 0.2) is 0 Å². The first-order valence-corrected chi connectivity index (χ1v) is 11.4. The molecular weight excluding hydrogens is 471 g/mol. The Labute approximate surface area is 198 Å². The maximum absolute atomic E-state index is 13.2. The minimum atomic E-state index is -4.73. The number of benzene rings is 1. The summed E-state index contributed by atoms with van der Waals surface area (Å²) >= 11 is 0. The summed E-state index contributed by atoms with van der Waals surface area (Å²) in [5, 5.41) is 6.15. The van der Waals surface area contributed by atoms with Gasteiger partial charge in [-0.2, -0.15) is 18.2 Å². The van der Waals surface area contributed by atoms with Crippen LogP contribution in [0.5, 0.6) is 0 Å². The number of alkyl halides is 3. The van der Waals surface area contributed by atoms with Gasteiger partial charge in [0.2, 0.25) is 5.82 Å². The van der Waals surface area contributed by atoms with Crippen molar-refractivity contribution >= 4 is 11.9 Å². The molecule has 1 N–H and O–H groups in total. The van der Waals surface area contributed by atoms with Crippen LogP contribution in [-0.2, 0) is 15.7 Å². The first-order chi connectivity index (χ1) is 16.8. The highest BCUT2D eigenvalue weighted by Gasteiger charge is 2.40. The fourth-order valence-electron chi connectivity index (χ4n) is 4.57. The molecular formula is C22H24F3N5O5. The zero-order valence-corrected chi connectivity index (χ0v) is 18.7. The SMILES string of the molecule is O=C(NC[C@H]1COCCN1C(=O)N1CC2CCC(C1)O2)c1ccc(-c2noc(C(F)(F)F)n2)cc1. The van der Waals surface area contributed by atoms with Crippen molar-refractivity contribution < 1.29 is 36.8 Å². The number of amides is 3. The van der Waals surface area contributed by atoms with E-state index in [2.05, 4.69) is 20.0 Å². The molecule has 1 aromatic carbocycles. The molecule has 13 heteroatoms. The highest BCUT2D eigenvalue weighted by atomic mass is 19.4. The van der Waals surface area contributed by atoms with E-state index >= 15 is 0 Å². The number of fused-ring (bicyclic) bond motifs is 2. The first kappa shape index (κ1) is 23.5. The monoisotopic (exact) mass is 495 g/mol. The summed E-state index contributed by atoms with van der Waals surface area (Å²) in [6.45, 7) is 2.52. The Balaban J connectivity index is 1.18. The largest absolute Gasteiger partial charge is 0.471 e. The van der Waals surface area contributed by atoms with Gasteiger partial charge in [-0.05, 0) is 25.0 Å². The highest BCUT2D eigenvalue weighted by Crippen LogP contribution is 2.30. The van der Waals surface area contributed by atoms with Gasteiger partial charge in [-0.25, -0.2) is 4.79 Å². The van der Waals surface area contributed by atoms with Crippen LogP contribution in [0, 0.1) is 0 Å². The van der Waals surface area contributed by atoms with E-state index < -0.39 is 12.1 Å². The van der Waals surface area contributed by atoms with Crippen LogP contribution >= 0.6 is 0 Å². The Hall–Kier alpha value is -3.19. The number of aromatic nitrogens is 2. The van der Waals surface area contributed by atoms with Crippen LogP contribution in [0.15, 0.2) is 28.8 Å². The standard InChI is InChI=1S/C22H24F3N5O5/c23-22(24,25)20-27-18(28-35-20)13-1-3-14(4-2-13)19(31)26-9-15-12-33-8-7-30(15)21(32)29-10-16-5-6-17(11-29)34-16/h1-4,15-17H,5-12H2,(H,26,31)/t15-,16?,17?/m0/s1. The molecule has 0 aliphatic carbocycles. The topological polar surface area (TPSA) is 110 Å². The number of nitrogens with zero attached hydrogens (tertiary/aromatic N) is 4. The number of hydrogen-bond acceptors (Lipinski definition) is 7. The molecule has 35 heavy (non-hydrogen) atoms. The molecule has 0 spiro atoms. The highest BCUT2D eigenvalue weighted by molar-refractivity contribution is 5.94. The van der Waals surface area contributed by atoms with E-state index in [0.717, 1.165) is 12.8 Å². The zero-order valence-electron chi connectivity index (χ0n) is 18.7. The number of carbonyl (C=O) groups is 2. The third-order valence-corrected chi connectivity index (χ3v) is 6.36. The van der Waals surface area contributed by atoms with Crippen LogP contribution < -0.4 is 5.32 Å². The number of urea groups is 1. The third-order valence-electron chi connectivity index (χ3n) is 6.36. The second kappa shape index (κ2) is 9.46. The van der Waals surface area contributed by atoms with Gasteiger partial charge in [0.05, 0.1) is 31.5 Å². The molecule has 2 aromatic rings. The fraction of sp³-hybridized carbons (Fsp3) is 0.545. The lowest BCUT2D eigenvalue weighted by Crippen LogP contribution is -2.59. The van der Waals surface area contributed by atoms with Crippen molar-refractivity contribution in [1.29, 1.82) is 0 Å². The molecule has 3 atom stereocenters. The molecule has 10 nitrogen and oxygen atoms in total.